The highest BCUT2D eigenvalue weighted by Crippen LogP contribution is 2.21. The number of methoxy groups -OCH3 is 1. The SMILES string of the molecule is COCCNC(=O)c1cc(C(C)C)n2nc(-c3ccccn3)cc2n1. The number of fused-ring (bicyclic) bond motifs is 1. The highest BCUT2D eigenvalue weighted by molar-refractivity contribution is 5.93. The number of hydrogen-bond acceptors (Lipinski definition) is 5. The van der Waals surface area contributed by atoms with E-state index in [0.717, 1.165) is 17.1 Å². The van der Waals surface area contributed by atoms with E-state index in [1.807, 2.05) is 24.3 Å². The van der Waals surface area contributed by atoms with Crippen molar-refractivity contribution in [1.29, 1.82) is 0 Å². The first-order valence-electron chi connectivity index (χ1n) is 8.19. The zero-order valence-electron chi connectivity index (χ0n) is 14.6. The van der Waals surface area contributed by atoms with Crippen LogP contribution in [0.2, 0.25) is 0 Å². The Hall–Kier alpha value is -2.80. The van der Waals surface area contributed by atoms with Gasteiger partial charge >= 0.3 is 0 Å². The monoisotopic (exact) mass is 339 g/mol. The van der Waals surface area contributed by atoms with Gasteiger partial charge in [0.15, 0.2) is 5.65 Å². The van der Waals surface area contributed by atoms with Gasteiger partial charge in [0.1, 0.15) is 11.4 Å². The van der Waals surface area contributed by atoms with Gasteiger partial charge in [-0.15, -0.1) is 0 Å². The van der Waals surface area contributed by atoms with E-state index >= 15 is 0 Å². The summed E-state index contributed by atoms with van der Waals surface area (Å²) in [6.45, 7) is 5.02. The van der Waals surface area contributed by atoms with E-state index in [2.05, 4.69) is 34.2 Å². The first kappa shape index (κ1) is 17.0. The molecule has 0 radical (unpaired) electrons. The van der Waals surface area contributed by atoms with Crippen molar-refractivity contribution >= 4 is 11.6 Å². The number of carbonyl (C=O) groups excluding carboxylic acids is 1. The summed E-state index contributed by atoms with van der Waals surface area (Å²) in [6, 6.07) is 9.31. The lowest BCUT2D eigenvalue weighted by Gasteiger charge is -2.10. The lowest BCUT2D eigenvalue weighted by atomic mass is 10.1. The minimum atomic E-state index is -0.220. The van der Waals surface area contributed by atoms with Gasteiger partial charge in [-0.05, 0) is 24.1 Å². The van der Waals surface area contributed by atoms with Crippen LogP contribution in [0.15, 0.2) is 36.5 Å². The van der Waals surface area contributed by atoms with E-state index in [-0.39, 0.29) is 11.8 Å². The lowest BCUT2D eigenvalue weighted by Crippen LogP contribution is -2.28. The Balaban J connectivity index is 2.02. The van der Waals surface area contributed by atoms with E-state index in [1.54, 1.807) is 23.9 Å². The molecule has 3 heterocycles. The maximum absolute atomic E-state index is 12.3. The molecular weight excluding hydrogens is 318 g/mol. The molecule has 7 nitrogen and oxygen atoms in total. The summed E-state index contributed by atoms with van der Waals surface area (Å²) in [6.07, 6.45) is 1.73. The van der Waals surface area contributed by atoms with E-state index < -0.39 is 0 Å². The van der Waals surface area contributed by atoms with Crippen LogP contribution in [0.25, 0.3) is 17.0 Å². The maximum atomic E-state index is 12.3. The van der Waals surface area contributed by atoms with Gasteiger partial charge < -0.3 is 10.1 Å². The van der Waals surface area contributed by atoms with Gasteiger partial charge in [-0.2, -0.15) is 5.10 Å². The molecule has 0 saturated heterocycles. The molecule has 1 N–H and O–H groups in total. The lowest BCUT2D eigenvalue weighted by molar-refractivity contribution is 0.0932. The van der Waals surface area contributed by atoms with Gasteiger partial charge in [-0.1, -0.05) is 19.9 Å². The molecule has 0 aliphatic carbocycles. The third-order valence-corrected chi connectivity index (χ3v) is 3.80. The Kier molecular flexibility index (Phi) is 5.04. The minimum absolute atomic E-state index is 0.188. The van der Waals surface area contributed by atoms with E-state index in [1.165, 1.54) is 0 Å². The molecule has 0 fully saturated rings. The summed E-state index contributed by atoms with van der Waals surface area (Å²) in [5, 5.41) is 7.42. The highest BCUT2D eigenvalue weighted by atomic mass is 16.5. The molecule has 0 aromatic carbocycles. The molecule has 0 aliphatic rings. The predicted molar refractivity (Wildman–Crippen MR) is 94.5 cm³/mol. The second-order valence-corrected chi connectivity index (χ2v) is 5.98. The van der Waals surface area contributed by atoms with Crippen molar-refractivity contribution in [2.24, 2.45) is 0 Å². The third-order valence-electron chi connectivity index (χ3n) is 3.80. The molecule has 7 heteroatoms. The number of nitrogens with one attached hydrogen (secondary N) is 1. The molecule has 3 aromatic heterocycles. The molecule has 130 valence electrons. The fourth-order valence-corrected chi connectivity index (χ4v) is 2.52. The number of aromatic nitrogens is 4. The molecule has 0 saturated carbocycles. The van der Waals surface area contributed by atoms with Gasteiger partial charge in [0, 0.05) is 31.6 Å². The molecule has 0 atom stereocenters. The van der Waals surface area contributed by atoms with Crippen molar-refractivity contribution in [1.82, 2.24) is 24.9 Å². The third kappa shape index (κ3) is 3.66. The van der Waals surface area contributed by atoms with Gasteiger partial charge in [-0.25, -0.2) is 9.50 Å². The Bertz CT molecular complexity index is 874. The van der Waals surface area contributed by atoms with E-state index in [0.29, 0.717) is 24.5 Å². The Labute approximate surface area is 146 Å². The first-order chi connectivity index (χ1) is 12.1. The van der Waals surface area contributed by atoms with Gasteiger partial charge in [0.25, 0.3) is 5.91 Å². The summed E-state index contributed by atoms with van der Waals surface area (Å²) >= 11 is 0. The molecule has 3 aromatic rings. The van der Waals surface area contributed by atoms with Gasteiger partial charge in [0.2, 0.25) is 0 Å². The fraction of sp³-hybridized carbons (Fsp3) is 0.333. The standard InChI is InChI=1S/C18H21N5O2/c1-12(2)16-10-15(18(24)20-8-9-25-3)21-17-11-14(22-23(16)17)13-6-4-5-7-19-13/h4-7,10-12H,8-9H2,1-3H3,(H,20,24). The Morgan fingerprint density at radius 3 is 2.80 bits per heavy atom. The normalized spacial score (nSPS) is 11.2. The minimum Gasteiger partial charge on any atom is -0.383 e. The van der Waals surface area contributed by atoms with E-state index in [9.17, 15) is 4.79 Å². The van der Waals surface area contributed by atoms with Crippen LogP contribution in [0.5, 0.6) is 0 Å². The van der Waals surface area contributed by atoms with Crippen LogP contribution in [0, 0.1) is 0 Å². The topological polar surface area (TPSA) is 81.4 Å². The summed E-state index contributed by atoms with van der Waals surface area (Å²) in [5.41, 5.74) is 3.42. The summed E-state index contributed by atoms with van der Waals surface area (Å²) in [4.78, 5) is 21.1. The quantitative estimate of drug-likeness (QED) is 0.697. The van der Waals surface area contributed by atoms with Crippen LogP contribution in [0.3, 0.4) is 0 Å². The molecule has 0 bridgehead atoms. The number of rotatable bonds is 6. The summed E-state index contributed by atoms with van der Waals surface area (Å²) in [5.74, 6) is -0.0328. The molecule has 0 aliphatic heterocycles. The van der Waals surface area contributed by atoms with Gasteiger partial charge in [-0.3, -0.25) is 9.78 Å². The number of ether oxygens (including phenoxy) is 1. The molecule has 1 amide bonds. The summed E-state index contributed by atoms with van der Waals surface area (Å²) in [7, 11) is 1.60. The van der Waals surface area contributed by atoms with Crippen molar-refractivity contribution in [3.8, 4) is 11.4 Å². The largest absolute Gasteiger partial charge is 0.383 e. The molecule has 0 spiro atoms. The van der Waals surface area contributed by atoms with Crippen LogP contribution in [-0.4, -0.2) is 45.8 Å². The van der Waals surface area contributed by atoms with Crippen molar-refractivity contribution in [2.75, 3.05) is 20.3 Å². The summed E-state index contributed by atoms with van der Waals surface area (Å²) < 4.78 is 6.73. The number of amides is 1. The van der Waals surface area contributed by atoms with Crippen LogP contribution in [0.4, 0.5) is 0 Å². The van der Waals surface area contributed by atoms with Crippen molar-refractivity contribution in [3.63, 3.8) is 0 Å². The number of nitrogens with zero attached hydrogens (tertiary/aromatic N) is 4. The molecular formula is C18H21N5O2. The van der Waals surface area contributed by atoms with Crippen LogP contribution in [-0.2, 0) is 4.74 Å². The van der Waals surface area contributed by atoms with Crippen LogP contribution in [0.1, 0.15) is 35.9 Å². The first-order valence-corrected chi connectivity index (χ1v) is 8.19. The Morgan fingerprint density at radius 2 is 2.12 bits per heavy atom. The van der Waals surface area contributed by atoms with E-state index in [4.69, 9.17) is 4.74 Å². The van der Waals surface area contributed by atoms with Crippen LogP contribution >= 0.6 is 0 Å². The number of pyridine rings is 1. The zero-order chi connectivity index (χ0) is 17.8. The smallest absolute Gasteiger partial charge is 0.270 e. The molecule has 3 rings (SSSR count). The average Bonchev–Trinajstić information content (AvgIpc) is 3.05. The predicted octanol–water partition coefficient (Wildman–Crippen LogP) is 2.29. The molecule has 0 unspecified atom stereocenters. The fourth-order valence-electron chi connectivity index (χ4n) is 2.52. The number of carbonyl (C=O) groups is 1. The number of hydrogen-bond donors (Lipinski definition) is 1. The Morgan fingerprint density at radius 1 is 1.28 bits per heavy atom. The highest BCUT2D eigenvalue weighted by Gasteiger charge is 2.16. The second-order valence-electron chi connectivity index (χ2n) is 5.98. The second kappa shape index (κ2) is 7.40. The van der Waals surface area contributed by atoms with Crippen molar-refractivity contribution in [3.05, 3.63) is 47.9 Å². The van der Waals surface area contributed by atoms with Crippen LogP contribution < -0.4 is 5.32 Å². The maximum Gasteiger partial charge on any atom is 0.270 e. The van der Waals surface area contributed by atoms with Gasteiger partial charge in [0.05, 0.1) is 12.3 Å². The van der Waals surface area contributed by atoms with Crippen molar-refractivity contribution < 1.29 is 9.53 Å². The average molecular weight is 339 g/mol. The molecule has 25 heavy (non-hydrogen) atoms. The zero-order valence-corrected chi connectivity index (χ0v) is 14.6. The van der Waals surface area contributed by atoms with Crippen molar-refractivity contribution in [2.45, 2.75) is 19.8 Å².